The van der Waals surface area contributed by atoms with E-state index in [0.717, 1.165) is 36.4 Å². The molecule has 2 heterocycles. The lowest BCUT2D eigenvalue weighted by molar-refractivity contribution is -0.101. The van der Waals surface area contributed by atoms with Crippen LogP contribution in [0.3, 0.4) is 0 Å². The van der Waals surface area contributed by atoms with E-state index in [0.29, 0.717) is 0 Å². The monoisotopic (exact) mass is 279 g/mol. The zero-order valence-corrected chi connectivity index (χ0v) is 12.0. The average Bonchev–Trinajstić information content (AvgIpc) is 2.95. The van der Waals surface area contributed by atoms with Crippen molar-refractivity contribution in [2.75, 3.05) is 5.32 Å². The summed E-state index contributed by atoms with van der Waals surface area (Å²) in [7, 11) is 0. The molecule has 2 atom stereocenters. The Balaban J connectivity index is 1.75. The largest absolute Gasteiger partial charge is 0.472 e. The first-order chi connectivity index (χ1) is 10.2. The van der Waals surface area contributed by atoms with Gasteiger partial charge in [-0.05, 0) is 43.5 Å². The van der Waals surface area contributed by atoms with Crippen molar-refractivity contribution in [3.05, 3.63) is 53.6 Å². The molecular formula is C18H17NO2. The molecular weight excluding hydrogens is 262 g/mol. The van der Waals surface area contributed by atoms with Gasteiger partial charge in [-0.15, -0.1) is 0 Å². The number of benzene rings is 2. The van der Waals surface area contributed by atoms with Crippen molar-refractivity contribution in [2.24, 2.45) is 0 Å². The average molecular weight is 279 g/mol. The number of hydrogen-bond donors (Lipinski definition) is 1. The van der Waals surface area contributed by atoms with E-state index in [1.165, 1.54) is 11.1 Å². The highest BCUT2D eigenvalue weighted by molar-refractivity contribution is 5.66. The van der Waals surface area contributed by atoms with Crippen LogP contribution < -0.4 is 14.8 Å². The summed E-state index contributed by atoms with van der Waals surface area (Å²) in [5, 5.41) is 3.62. The van der Waals surface area contributed by atoms with E-state index in [2.05, 4.69) is 48.6 Å². The fraction of sp³-hybridized carbons (Fsp3) is 0.333. The molecule has 0 radical (unpaired) electrons. The topological polar surface area (TPSA) is 30.5 Å². The smallest absolute Gasteiger partial charge is 0.225 e. The minimum atomic E-state index is -0.447. The SMILES string of the molecule is Cc1ccc2c(c1)O[C@@]13CCC[C@]1(O2)c1ccccc1N3. The molecule has 3 heteroatoms. The van der Waals surface area contributed by atoms with Crippen LogP contribution in [0, 0.1) is 6.92 Å². The van der Waals surface area contributed by atoms with Gasteiger partial charge in [-0.3, -0.25) is 0 Å². The third-order valence-corrected chi connectivity index (χ3v) is 5.08. The fourth-order valence-corrected chi connectivity index (χ4v) is 4.17. The molecule has 3 aliphatic rings. The van der Waals surface area contributed by atoms with Crippen molar-refractivity contribution in [2.45, 2.75) is 37.5 Å². The van der Waals surface area contributed by atoms with Crippen molar-refractivity contribution >= 4 is 5.69 Å². The third kappa shape index (κ3) is 1.25. The quantitative estimate of drug-likeness (QED) is 0.791. The first kappa shape index (κ1) is 11.5. The number of hydrogen-bond acceptors (Lipinski definition) is 3. The Morgan fingerprint density at radius 3 is 2.86 bits per heavy atom. The predicted molar refractivity (Wildman–Crippen MR) is 80.8 cm³/mol. The minimum Gasteiger partial charge on any atom is -0.472 e. The van der Waals surface area contributed by atoms with Crippen molar-refractivity contribution in [1.29, 1.82) is 0 Å². The number of fused-ring (bicyclic) bond motifs is 2. The van der Waals surface area contributed by atoms with Crippen LogP contribution in [-0.4, -0.2) is 5.72 Å². The Labute approximate surface area is 123 Å². The lowest BCUT2D eigenvalue weighted by Gasteiger charge is -2.45. The van der Waals surface area contributed by atoms with Crippen LogP contribution in [0.4, 0.5) is 5.69 Å². The van der Waals surface area contributed by atoms with Gasteiger partial charge in [0.15, 0.2) is 17.1 Å². The highest BCUT2D eigenvalue weighted by Crippen LogP contribution is 2.61. The van der Waals surface area contributed by atoms with Gasteiger partial charge >= 0.3 is 0 Å². The van der Waals surface area contributed by atoms with Crippen LogP contribution in [-0.2, 0) is 5.60 Å². The number of anilines is 1. The van der Waals surface area contributed by atoms with E-state index >= 15 is 0 Å². The number of aryl methyl sites for hydroxylation is 1. The highest BCUT2D eigenvalue weighted by Gasteiger charge is 2.67. The van der Waals surface area contributed by atoms with Crippen LogP contribution in [0.1, 0.15) is 30.4 Å². The summed E-state index contributed by atoms with van der Waals surface area (Å²) < 4.78 is 13.0. The maximum Gasteiger partial charge on any atom is 0.225 e. The summed E-state index contributed by atoms with van der Waals surface area (Å²) in [5.41, 5.74) is 2.73. The van der Waals surface area contributed by atoms with Crippen LogP contribution in [0.25, 0.3) is 0 Å². The van der Waals surface area contributed by atoms with Crippen LogP contribution >= 0.6 is 0 Å². The maximum absolute atomic E-state index is 6.55. The van der Waals surface area contributed by atoms with E-state index in [9.17, 15) is 0 Å². The van der Waals surface area contributed by atoms with Crippen LogP contribution in [0.15, 0.2) is 42.5 Å². The molecule has 2 aromatic rings. The van der Waals surface area contributed by atoms with E-state index < -0.39 is 5.72 Å². The molecule has 3 nitrogen and oxygen atoms in total. The molecule has 0 aromatic heterocycles. The Kier molecular flexibility index (Phi) is 1.93. The lowest BCUT2D eigenvalue weighted by Crippen LogP contribution is -2.58. The molecule has 0 bridgehead atoms. The van der Waals surface area contributed by atoms with Gasteiger partial charge in [0.05, 0.1) is 0 Å². The summed E-state index contributed by atoms with van der Waals surface area (Å²) in [4.78, 5) is 0. The van der Waals surface area contributed by atoms with Crippen LogP contribution in [0.2, 0.25) is 0 Å². The molecule has 106 valence electrons. The molecule has 1 N–H and O–H groups in total. The van der Waals surface area contributed by atoms with Gasteiger partial charge in [0.2, 0.25) is 5.72 Å². The number of ether oxygens (including phenoxy) is 2. The fourth-order valence-electron chi connectivity index (χ4n) is 4.17. The second-order valence-corrected chi connectivity index (χ2v) is 6.33. The molecule has 1 saturated carbocycles. The molecule has 1 aliphatic carbocycles. The standard InChI is InChI=1S/C18H17NO2/c1-12-7-8-15-16(11-12)21-18-10-4-9-17(18,20-15)13-5-2-3-6-14(13)19-18/h2-3,5-8,11,19H,4,9-10H2,1H3/t17-,18-/m0/s1. The second-order valence-electron chi connectivity index (χ2n) is 6.33. The lowest BCUT2D eigenvalue weighted by atomic mass is 9.87. The molecule has 5 rings (SSSR count). The highest BCUT2D eigenvalue weighted by atomic mass is 16.6. The molecule has 2 aliphatic heterocycles. The van der Waals surface area contributed by atoms with Gasteiger partial charge in [-0.25, -0.2) is 0 Å². The Morgan fingerprint density at radius 2 is 1.90 bits per heavy atom. The molecule has 0 unspecified atom stereocenters. The summed E-state index contributed by atoms with van der Waals surface area (Å²) in [5.74, 6) is 1.71. The number of nitrogens with one attached hydrogen (secondary N) is 1. The van der Waals surface area contributed by atoms with E-state index in [1.54, 1.807) is 0 Å². The molecule has 0 amide bonds. The van der Waals surface area contributed by atoms with E-state index in [4.69, 9.17) is 9.47 Å². The van der Waals surface area contributed by atoms with Crippen molar-refractivity contribution in [1.82, 2.24) is 0 Å². The van der Waals surface area contributed by atoms with Gasteiger partial charge in [0, 0.05) is 17.7 Å². The van der Waals surface area contributed by atoms with Gasteiger partial charge in [0.1, 0.15) is 0 Å². The zero-order chi connectivity index (χ0) is 14.1. The number of para-hydroxylation sites is 1. The first-order valence-electron chi connectivity index (χ1n) is 7.59. The minimum absolute atomic E-state index is 0.383. The molecule has 0 spiro atoms. The van der Waals surface area contributed by atoms with Crippen LogP contribution in [0.5, 0.6) is 11.5 Å². The summed E-state index contributed by atoms with van der Waals surface area (Å²) in [6, 6.07) is 14.6. The third-order valence-electron chi connectivity index (χ3n) is 5.08. The van der Waals surface area contributed by atoms with Crippen molar-refractivity contribution < 1.29 is 9.47 Å². The van der Waals surface area contributed by atoms with Crippen molar-refractivity contribution in [3.8, 4) is 11.5 Å². The Bertz CT molecular complexity index is 757. The summed E-state index contributed by atoms with van der Waals surface area (Å²) in [6.45, 7) is 2.08. The molecule has 2 aromatic carbocycles. The summed E-state index contributed by atoms with van der Waals surface area (Å²) in [6.07, 6.45) is 3.06. The van der Waals surface area contributed by atoms with Gasteiger partial charge in [-0.1, -0.05) is 24.3 Å². The second kappa shape index (κ2) is 3.53. The summed E-state index contributed by atoms with van der Waals surface area (Å²) >= 11 is 0. The predicted octanol–water partition coefficient (Wildman–Crippen LogP) is 3.97. The zero-order valence-electron chi connectivity index (χ0n) is 12.0. The van der Waals surface area contributed by atoms with E-state index in [1.807, 2.05) is 6.07 Å². The van der Waals surface area contributed by atoms with Gasteiger partial charge in [-0.2, -0.15) is 0 Å². The Hall–Kier alpha value is -2.16. The first-order valence-corrected chi connectivity index (χ1v) is 7.59. The number of rotatable bonds is 0. The maximum atomic E-state index is 6.55. The molecule has 0 saturated heterocycles. The van der Waals surface area contributed by atoms with E-state index in [-0.39, 0.29) is 5.60 Å². The molecule has 1 fully saturated rings. The molecule has 21 heavy (non-hydrogen) atoms. The Morgan fingerprint density at radius 1 is 1.00 bits per heavy atom. The normalized spacial score (nSPS) is 31.1. The van der Waals surface area contributed by atoms with Gasteiger partial charge in [0.25, 0.3) is 0 Å². The van der Waals surface area contributed by atoms with Gasteiger partial charge < -0.3 is 14.8 Å². The van der Waals surface area contributed by atoms with Crippen molar-refractivity contribution in [3.63, 3.8) is 0 Å².